The third-order valence-electron chi connectivity index (χ3n) is 2.26. The van der Waals surface area contributed by atoms with Crippen LogP contribution in [0.1, 0.15) is 16.1 Å². The molecule has 0 atom stereocenters. The van der Waals surface area contributed by atoms with Crippen molar-refractivity contribution in [2.24, 2.45) is 0 Å². The highest BCUT2D eigenvalue weighted by atomic mass is 19.1. The van der Waals surface area contributed by atoms with Crippen molar-refractivity contribution >= 4 is 11.7 Å². The highest BCUT2D eigenvalue weighted by Crippen LogP contribution is 2.17. The van der Waals surface area contributed by atoms with Gasteiger partial charge in [0.2, 0.25) is 0 Å². The topological polar surface area (TPSA) is 111 Å². The number of nitrogens with zero attached hydrogens (tertiary/aromatic N) is 4. The van der Waals surface area contributed by atoms with Crippen molar-refractivity contribution in [1.82, 2.24) is 15.0 Å². The maximum atomic E-state index is 13.2. The van der Waals surface area contributed by atoms with Crippen molar-refractivity contribution in [2.75, 3.05) is 0 Å². The number of aromatic carboxylic acids is 1. The number of rotatable bonds is 4. The SMILES string of the molecule is O=C(O)c1cn(Cc2cc(F)cc([N+](=O)[O-])c2)nn1. The Hall–Kier alpha value is -2.84. The van der Waals surface area contributed by atoms with E-state index < -0.39 is 16.7 Å². The standard InChI is InChI=1S/C10H7FN4O4/c11-7-1-6(2-8(3-7)15(18)19)4-14-5-9(10(16)17)12-13-14/h1-3,5H,4H2,(H,16,17). The Morgan fingerprint density at radius 1 is 1.47 bits per heavy atom. The summed E-state index contributed by atoms with van der Waals surface area (Å²) in [5.41, 5.74) is -0.354. The molecule has 0 amide bonds. The summed E-state index contributed by atoms with van der Waals surface area (Å²) in [6.07, 6.45) is 1.15. The van der Waals surface area contributed by atoms with Crippen LogP contribution in [-0.4, -0.2) is 31.0 Å². The van der Waals surface area contributed by atoms with Crippen molar-refractivity contribution in [1.29, 1.82) is 0 Å². The Labute approximate surface area is 105 Å². The van der Waals surface area contributed by atoms with Crippen molar-refractivity contribution in [3.05, 3.63) is 51.6 Å². The summed E-state index contributed by atoms with van der Waals surface area (Å²) in [6, 6.07) is 3.09. The van der Waals surface area contributed by atoms with Gasteiger partial charge in [0.05, 0.1) is 23.7 Å². The van der Waals surface area contributed by atoms with Gasteiger partial charge in [0, 0.05) is 6.07 Å². The van der Waals surface area contributed by atoms with Crippen LogP contribution in [0.15, 0.2) is 24.4 Å². The highest BCUT2D eigenvalue weighted by molar-refractivity contribution is 5.84. The van der Waals surface area contributed by atoms with Gasteiger partial charge in [0.15, 0.2) is 5.69 Å². The molecule has 1 aromatic carbocycles. The summed E-state index contributed by atoms with van der Waals surface area (Å²) >= 11 is 0. The van der Waals surface area contributed by atoms with Gasteiger partial charge >= 0.3 is 5.97 Å². The third kappa shape index (κ3) is 2.89. The third-order valence-corrected chi connectivity index (χ3v) is 2.26. The maximum Gasteiger partial charge on any atom is 0.358 e. The fraction of sp³-hybridized carbons (Fsp3) is 0.100. The largest absolute Gasteiger partial charge is 0.476 e. The van der Waals surface area contributed by atoms with Crippen LogP contribution in [0.4, 0.5) is 10.1 Å². The lowest BCUT2D eigenvalue weighted by molar-refractivity contribution is -0.385. The maximum absolute atomic E-state index is 13.2. The van der Waals surface area contributed by atoms with E-state index >= 15 is 0 Å². The van der Waals surface area contributed by atoms with Crippen molar-refractivity contribution in [3.63, 3.8) is 0 Å². The van der Waals surface area contributed by atoms with E-state index in [-0.39, 0.29) is 23.5 Å². The molecule has 0 aliphatic carbocycles. The number of aromatic nitrogens is 3. The number of halogens is 1. The summed E-state index contributed by atoms with van der Waals surface area (Å²) < 4.78 is 14.3. The summed E-state index contributed by atoms with van der Waals surface area (Å²) in [4.78, 5) is 20.5. The van der Waals surface area contributed by atoms with Crippen LogP contribution >= 0.6 is 0 Å². The smallest absolute Gasteiger partial charge is 0.358 e. The number of hydrogen-bond acceptors (Lipinski definition) is 5. The lowest BCUT2D eigenvalue weighted by Gasteiger charge is -2.01. The van der Waals surface area contributed by atoms with Gasteiger partial charge in [-0.1, -0.05) is 5.21 Å². The first-order valence-corrected chi connectivity index (χ1v) is 5.03. The van der Waals surface area contributed by atoms with Gasteiger partial charge in [0.25, 0.3) is 5.69 Å². The van der Waals surface area contributed by atoms with Gasteiger partial charge in [-0.15, -0.1) is 5.10 Å². The first-order chi connectivity index (χ1) is 8.95. The summed E-state index contributed by atoms with van der Waals surface area (Å²) in [7, 11) is 0. The second kappa shape index (κ2) is 4.80. The minimum atomic E-state index is -1.24. The molecule has 0 radical (unpaired) electrons. The van der Waals surface area contributed by atoms with E-state index in [1.165, 1.54) is 6.07 Å². The number of non-ortho nitro benzene ring substituents is 1. The average molecular weight is 266 g/mol. The predicted molar refractivity (Wildman–Crippen MR) is 59.1 cm³/mol. The number of carbonyl (C=O) groups is 1. The fourth-order valence-electron chi connectivity index (χ4n) is 1.49. The molecule has 0 spiro atoms. The number of benzene rings is 1. The molecule has 0 aliphatic heterocycles. The molecule has 1 aromatic heterocycles. The quantitative estimate of drug-likeness (QED) is 0.654. The van der Waals surface area contributed by atoms with Crippen LogP contribution in [0.3, 0.4) is 0 Å². The summed E-state index contributed by atoms with van der Waals surface area (Å²) in [6.45, 7) is -0.0150. The molecular formula is C10H7FN4O4. The van der Waals surface area contributed by atoms with E-state index in [4.69, 9.17) is 5.11 Å². The van der Waals surface area contributed by atoms with Crippen LogP contribution in [0, 0.1) is 15.9 Å². The van der Waals surface area contributed by atoms with Gasteiger partial charge < -0.3 is 5.11 Å². The molecule has 2 aromatic rings. The first-order valence-electron chi connectivity index (χ1n) is 5.03. The van der Waals surface area contributed by atoms with Crippen LogP contribution in [0.25, 0.3) is 0 Å². The highest BCUT2D eigenvalue weighted by Gasteiger charge is 2.12. The van der Waals surface area contributed by atoms with Crippen LogP contribution in [-0.2, 0) is 6.54 Å². The fourth-order valence-corrected chi connectivity index (χ4v) is 1.49. The molecule has 0 saturated carbocycles. The van der Waals surface area contributed by atoms with E-state index in [0.29, 0.717) is 0 Å². The van der Waals surface area contributed by atoms with Crippen LogP contribution in [0.2, 0.25) is 0 Å². The van der Waals surface area contributed by atoms with E-state index in [0.717, 1.165) is 23.0 Å². The predicted octanol–water partition coefficient (Wildman–Crippen LogP) is 1.07. The normalized spacial score (nSPS) is 10.4. The van der Waals surface area contributed by atoms with Crippen molar-refractivity contribution in [2.45, 2.75) is 6.54 Å². The molecule has 0 unspecified atom stereocenters. The number of carboxylic acid groups (broad SMARTS) is 1. The Morgan fingerprint density at radius 2 is 2.21 bits per heavy atom. The molecule has 0 aliphatic rings. The Kier molecular flexibility index (Phi) is 3.19. The molecule has 98 valence electrons. The number of nitro benzene ring substituents is 1. The zero-order chi connectivity index (χ0) is 14.0. The lowest BCUT2D eigenvalue weighted by Crippen LogP contribution is -2.02. The van der Waals surface area contributed by atoms with Crippen molar-refractivity contribution in [3.8, 4) is 0 Å². The molecule has 1 heterocycles. The van der Waals surface area contributed by atoms with Gasteiger partial charge in [0.1, 0.15) is 5.82 Å². The monoisotopic (exact) mass is 266 g/mol. The Bertz CT molecular complexity index is 655. The lowest BCUT2D eigenvalue weighted by atomic mass is 10.2. The number of nitro groups is 1. The van der Waals surface area contributed by atoms with Gasteiger partial charge in [-0.3, -0.25) is 10.1 Å². The van der Waals surface area contributed by atoms with E-state index in [9.17, 15) is 19.3 Å². The minimum Gasteiger partial charge on any atom is -0.476 e. The first kappa shape index (κ1) is 12.6. The number of carboxylic acids is 1. The minimum absolute atomic E-state index is 0.0150. The molecule has 0 fully saturated rings. The second-order valence-electron chi connectivity index (χ2n) is 3.68. The zero-order valence-electron chi connectivity index (χ0n) is 9.36. The molecular weight excluding hydrogens is 259 g/mol. The second-order valence-corrected chi connectivity index (χ2v) is 3.68. The Morgan fingerprint density at radius 3 is 2.79 bits per heavy atom. The molecule has 19 heavy (non-hydrogen) atoms. The molecule has 0 saturated heterocycles. The summed E-state index contributed by atoms with van der Waals surface area (Å²) in [5.74, 6) is -1.99. The molecule has 0 bridgehead atoms. The molecule has 2 rings (SSSR count). The summed E-state index contributed by atoms with van der Waals surface area (Å²) in [5, 5.41) is 26.1. The van der Waals surface area contributed by atoms with Crippen LogP contribution in [0.5, 0.6) is 0 Å². The zero-order valence-corrected chi connectivity index (χ0v) is 9.36. The Balaban J connectivity index is 2.27. The van der Waals surface area contributed by atoms with Gasteiger partial charge in [-0.05, 0) is 11.6 Å². The van der Waals surface area contributed by atoms with Gasteiger partial charge in [-0.25, -0.2) is 13.9 Å². The molecule has 1 N–H and O–H groups in total. The van der Waals surface area contributed by atoms with E-state index in [1.54, 1.807) is 0 Å². The van der Waals surface area contributed by atoms with Crippen molar-refractivity contribution < 1.29 is 19.2 Å². The van der Waals surface area contributed by atoms with E-state index in [1.807, 2.05) is 0 Å². The van der Waals surface area contributed by atoms with E-state index in [2.05, 4.69) is 10.3 Å². The number of hydrogen-bond donors (Lipinski definition) is 1. The average Bonchev–Trinajstić information content (AvgIpc) is 2.76. The molecule has 8 nitrogen and oxygen atoms in total. The molecule has 9 heteroatoms. The van der Waals surface area contributed by atoms with Gasteiger partial charge in [-0.2, -0.15) is 0 Å². The van der Waals surface area contributed by atoms with Crippen LogP contribution < -0.4 is 0 Å².